The van der Waals surface area contributed by atoms with Crippen molar-refractivity contribution in [1.82, 2.24) is 0 Å². The van der Waals surface area contributed by atoms with Crippen LogP contribution in [0.3, 0.4) is 0 Å². The summed E-state index contributed by atoms with van der Waals surface area (Å²) in [5.41, 5.74) is 3.02. The third-order valence-electron chi connectivity index (χ3n) is 3.75. The fraction of sp³-hybridized carbons (Fsp3) is 0.632. The maximum atomic E-state index is 10.7. The van der Waals surface area contributed by atoms with E-state index >= 15 is 0 Å². The first kappa shape index (κ1) is 19.1. The minimum Gasteiger partial charge on any atom is -0.507 e. The van der Waals surface area contributed by atoms with Gasteiger partial charge in [-0.1, -0.05) is 60.6 Å². The lowest BCUT2D eigenvalue weighted by Gasteiger charge is -2.28. The molecule has 0 radical (unpaired) electrons. The number of benzene rings is 1. The summed E-state index contributed by atoms with van der Waals surface area (Å²) in [5.74, 6) is 1.29. The Balaban J connectivity index is 3.21. The maximum absolute atomic E-state index is 10.7. The molecule has 3 heteroatoms. The summed E-state index contributed by atoms with van der Waals surface area (Å²) in [5, 5.41) is 11.0. The second kappa shape index (κ2) is 7.08. The van der Waals surface area contributed by atoms with Gasteiger partial charge in [0.25, 0.3) is 0 Å². The normalized spacial score (nSPS) is 14.0. The van der Waals surface area contributed by atoms with Crippen LogP contribution in [0.4, 0.5) is 0 Å². The first-order chi connectivity index (χ1) is 9.96. The summed E-state index contributed by atoms with van der Waals surface area (Å²) in [4.78, 5) is 10.6. The van der Waals surface area contributed by atoms with Gasteiger partial charge >= 0.3 is 0 Å². The molecule has 0 spiro atoms. The molecular weight excluding hydrogens is 292 g/mol. The van der Waals surface area contributed by atoms with Crippen molar-refractivity contribution in [2.24, 2.45) is 0 Å². The van der Waals surface area contributed by atoms with Crippen LogP contribution in [-0.4, -0.2) is 16.6 Å². The lowest BCUT2D eigenvalue weighted by Crippen LogP contribution is -2.17. The minimum atomic E-state index is -0.0980. The topological polar surface area (TPSA) is 37.3 Å². The Hall–Kier alpha value is -0.960. The molecule has 0 saturated carbocycles. The smallest absolute Gasteiger partial charge is 0.123 e. The minimum absolute atomic E-state index is 0.0980. The number of aldehydes is 1. The number of carbonyl (C=O) groups excluding carboxylic acids is 1. The number of aromatic hydroxyl groups is 1. The van der Waals surface area contributed by atoms with Crippen LogP contribution in [0.25, 0.3) is 0 Å². The summed E-state index contributed by atoms with van der Waals surface area (Å²) in [7, 11) is 0. The van der Waals surface area contributed by atoms with Crippen molar-refractivity contribution in [3.63, 3.8) is 0 Å². The molecule has 1 aromatic carbocycles. The van der Waals surface area contributed by atoms with E-state index in [1.165, 1.54) is 5.56 Å². The number of carbonyl (C=O) groups is 1. The fourth-order valence-corrected chi connectivity index (χ4v) is 3.22. The van der Waals surface area contributed by atoms with E-state index in [0.717, 1.165) is 23.2 Å². The van der Waals surface area contributed by atoms with E-state index in [2.05, 4.69) is 60.6 Å². The van der Waals surface area contributed by atoms with Crippen LogP contribution in [0.2, 0.25) is 0 Å². The van der Waals surface area contributed by atoms with Gasteiger partial charge in [-0.15, -0.1) is 0 Å². The van der Waals surface area contributed by atoms with Gasteiger partial charge in [0.2, 0.25) is 0 Å². The second-order valence-corrected chi connectivity index (χ2v) is 9.49. The lowest BCUT2D eigenvalue weighted by molar-refractivity contribution is -0.107. The Bertz CT molecular complexity index is 486. The molecule has 22 heavy (non-hydrogen) atoms. The van der Waals surface area contributed by atoms with Crippen LogP contribution < -0.4 is 0 Å². The first-order valence-electron chi connectivity index (χ1n) is 7.89. The molecule has 0 aliphatic carbocycles. The third-order valence-corrected chi connectivity index (χ3v) is 5.01. The van der Waals surface area contributed by atoms with E-state index in [1.54, 1.807) is 11.8 Å². The molecule has 0 amide bonds. The molecule has 0 saturated heterocycles. The molecule has 1 aromatic rings. The highest BCUT2D eigenvalue weighted by Crippen LogP contribution is 2.40. The zero-order valence-electron chi connectivity index (χ0n) is 15.0. The molecule has 0 aromatic heterocycles. The van der Waals surface area contributed by atoms with Gasteiger partial charge in [0.05, 0.1) is 0 Å². The molecule has 124 valence electrons. The average molecular weight is 323 g/mol. The molecular formula is C19H30O2S. The van der Waals surface area contributed by atoms with E-state index in [1.807, 2.05) is 0 Å². The third kappa shape index (κ3) is 5.05. The predicted octanol–water partition coefficient (Wildman–Crippen LogP) is 5.20. The number of rotatable bonds is 5. The highest BCUT2D eigenvalue weighted by atomic mass is 32.2. The number of phenolic OH excluding ortho intramolecular Hbond substituents is 1. The number of hydrogen-bond donors (Lipinski definition) is 1. The number of thioether (sulfide) groups is 1. The molecule has 0 heterocycles. The zero-order chi connectivity index (χ0) is 17.1. The number of phenols is 1. The Morgan fingerprint density at radius 2 is 1.55 bits per heavy atom. The molecule has 0 fully saturated rings. The Morgan fingerprint density at radius 3 is 1.91 bits per heavy atom. The standard InChI is InChI=1S/C19H30O2S/c1-13(8-9-20)22-12-14-10-15(18(2,3)4)17(21)16(11-14)19(5,6)7/h9-11,13,21H,8,12H2,1-7H3. The lowest BCUT2D eigenvalue weighted by atomic mass is 9.78. The van der Waals surface area contributed by atoms with E-state index in [-0.39, 0.29) is 10.8 Å². The zero-order valence-corrected chi connectivity index (χ0v) is 15.8. The van der Waals surface area contributed by atoms with Crippen molar-refractivity contribution in [2.45, 2.75) is 76.7 Å². The summed E-state index contributed by atoms with van der Waals surface area (Å²) < 4.78 is 0. The van der Waals surface area contributed by atoms with Gasteiger partial charge in [-0.05, 0) is 27.5 Å². The largest absolute Gasteiger partial charge is 0.507 e. The highest BCUT2D eigenvalue weighted by molar-refractivity contribution is 7.99. The van der Waals surface area contributed by atoms with Gasteiger partial charge in [-0.3, -0.25) is 0 Å². The predicted molar refractivity (Wildman–Crippen MR) is 96.9 cm³/mol. The van der Waals surface area contributed by atoms with Gasteiger partial charge in [0.1, 0.15) is 12.0 Å². The Kier molecular flexibility index (Phi) is 6.14. The van der Waals surface area contributed by atoms with E-state index < -0.39 is 0 Å². The van der Waals surface area contributed by atoms with Gasteiger partial charge < -0.3 is 9.90 Å². The number of hydrogen-bond acceptors (Lipinski definition) is 3. The van der Waals surface area contributed by atoms with Crippen LogP contribution in [0.5, 0.6) is 5.75 Å². The van der Waals surface area contributed by atoms with Crippen molar-refractivity contribution in [3.05, 3.63) is 28.8 Å². The summed E-state index contributed by atoms with van der Waals surface area (Å²) >= 11 is 1.79. The van der Waals surface area contributed by atoms with Crippen molar-refractivity contribution in [2.75, 3.05) is 0 Å². The van der Waals surface area contributed by atoms with Gasteiger partial charge in [-0.25, -0.2) is 0 Å². The van der Waals surface area contributed by atoms with Crippen LogP contribution in [0.15, 0.2) is 12.1 Å². The van der Waals surface area contributed by atoms with E-state index in [0.29, 0.717) is 17.4 Å². The molecule has 0 bridgehead atoms. The second-order valence-electron chi connectivity index (χ2n) is 8.06. The van der Waals surface area contributed by atoms with Gasteiger partial charge in [-0.2, -0.15) is 11.8 Å². The van der Waals surface area contributed by atoms with Crippen LogP contribution in [0, 0.1) is 0 Å². The van der Waals surface area contributed by atoms with Crippen LogP contribution >= 0.6 is 11.8 Å². The molecule has 1 unspecified atom stereocenters. The summed E-state index contributed by atoms with van der Waals surface area (Å²) in [6.45, 7) is 14.8. The van der Waals surface area contributed by atoms with Crippen LogP contribution in [-0.2, 0) is 21.4 Å². The van der Waals surface area contributed by atoms with Crippen molar-refractivity contribution >= 4 is 18.0 Å². The molecule has 1 rings (SSSR count). The van der Waals surface area contributed by atoms with E-state index in [9.17, 15) is 9.90 Å². The molecule has 0 aliphatic rings. The van der Waals surface area contributed by atoms with Crippen LogP contribution in [0.1, 0.15) is 71.6 Å². The summed E-state index contributed by atoms with van der Waals surface area (Å²) in [6, 6.07) is 4.23. The average Bonchev–Trinajstić information content (AvgIpc) is 2.35. The SMILES string of the molecule is CC(CC=O)SCc1cc(C(C)(C)C)c(O)c(C(C)(C)C)c1. The molecule has 0 aliphatic heterocycles. The molecule has 2 nitrogen and oxygen atoms in total. The van der Waals surface area contributed by atoms with Gasteiger partial charge in [0, 0.05) is 17.4 Å². The summed E-state index contributed by atoms with van der Waals surface area (Å²) in [6.07, 6.45) is 1.57. The Labute approximate surface area is 139 Å². The monoisotopic (exact) mass is 322 g/mol. The van der Waals surface area contributed by atoms with Crippen molar-refractivity contribution in [1.29, 1.82) is 0 Å². The quantitative estimate of drug-likeness (QED) is 0.757. The first-order valence-corrected chi connectivity index (χ1v) is 8.93. The Morgan fingerprint density at radius 1 is 1.09 bits per heavy atom. The maximum Gasteiger partial charge on any atom is 0.123 e. The fourth-order valence-electron chi connectivity index (χ4n) is 2.36. The highest BCUT2D eigenvalue weighted by Gasteiger charge is 2.26. The van der Waals surface area contributed by atoms with Crippen molar-refractivity contribution < 1.29 is 9.90 Å². The molecule has 1 atom stereocenters. The van der Waals surface area contributed by atoms with Crippen molar-refractivity contribution in [3.8, 4) is 5.75 Å². The van der Waals surface area contributed by atoms with E-state index in [4.69, 9.17) is 0 Å². The van der Waals surface area contributed by atoms with Gasteiger partial charge in [0.15, 0.2) is 0 Å². The molecule has 1 N–H and O–H groups in total.